The number of hydrogen-bond donors (Lipinski definition) is 3. The van der Waals surface area contributed by atoms with E-state index in [2.05, 4.69) is 16.0 Å². The number of anilines is 2. The summed E-state index contributed by atoms with van der Waals surface area (Å²) in [5, 5.41) is 9.21. The van der Waals surface area contributed by atoms with Gasteiger partial charge in [-0.15, -0.1) is 0 Å². The number of benzene rings is 2. The van der Waals surface area contributed by atoms with Gasteiger partial charge in [-0.1, -0.05) is 17.7 Å². The van der Waals surface area contributed by atoms with Crippen LogP contribution in [0.15, 0.2) is 48.5 Å². The summed E-state index contributed by atoms with van der Waals surface area (Å²) in [7, 11) is 1.63. The molecule has 0 aromatic heterocycles. The van der Waals surface area contributed by atoms with Crippen LogP contribution in [-0.4, -0.2) is 38.6 Å². The smallest absolute Gasteiger partial charge is 0.251 e. The molecule has 2 aromatic rings. The van der Waals surface area contributed by atoms with Crippen molar-refractivity contribution in [3.63, 3.8) is 0 Å². The molecular weight excluding hydrogens is 354 g/mol. The second-order valence-electron chi connectivity index (χ2n) is 5.59. The fourth-order valence-electron chi connectivity index (χ4n) is 2.21. The van der Waals surface area contributed by atoms with Gasteiger partial charge >= 0.3 is 0 Å². The quantitative estimate of drug-likeness (QED) is 0.588. The topological polar surface area (TPSA) is 79.5 Å². The van der Waals surface area contributed by atoms with E-state index in [1.165, 1.54) is 0 Å². The summed E-state index contributed by atoms with van der Waals surface area (Å²) >= 11 is 5.81. The lowest BCUT2D eigenvalue weighted by atomic mass is 10.2. The Labute approximate surface area is 157 Å². The Morgan fingerprint density at radius 2 is 1.85 bits per heavy atom. The highest BCUT2D eigenvalue weighted by Crippen LogP contribution is 2.14. The van der Waals surface area contributed by atoms with Gasteiger partial charge in [-0.05, 0) is 48.9 Å². The average Bonchev–Trinajstić information content (AvgIpc) is 2.65. The zero-order valence-electron chi connectivity index (χ0n) is 14.5. The molecule has 0 saturated heterocycles. The van der Waals surface area contributed by atoms with Crippen molar-refractivity contribution in [3.05, 3.63) is 59.1 Å². The maximum atomic E-state index is 12.1. The first-order valence-electron chi connectivity index (χ1n) is 8.25. The van der Waals surface area contributed by atoms with Gasteiger partial charge in [-0.2, -0.15) is 0 Å². The Bertz CT molecular complexity index is 735. The number of ether oxygens (including phenoxy) is 1. The number of carbonyl (C=O) groups is 2. The maximum Gasteiger partial charge on any atom is 0.251 e. The molecule has 0 aliphatic heterocycles. The molecule has 0 aliphatic carbocycles. The van der Waals surface area contributed by atoms with E-state index in [0.717, 1.165) is 6.42 Å². The van der Waals surface area contributed by atoms with Gasteiger partial charge in [-0.3, -0.25) is 9.59 Å². The first-order valence-corrected chi connectivity index (χ1v) is 8.63. The third-order valence-electron chi connectivity index (χ3n) is 3.52. The third kappa shape index (κ3) is 6.74. The number of amides is 2. The summed E-state index contributed by atoms with van der Waals surface area (Å²) in [6, 6.07) is 13.9. The molecule has 2 amide bonds. The molecule has 0 atom stereocenters. The number of halogens is 1. The molecular formula is C19H22ClN3O3. The summed E-state index contributed by atoms with van der Waals surface area (Å²) < 4.78 is 4.95. The highest BCUT2D eigenvalue weighted by atomic mass is 35.5. The van der Waals surface area contributed by atoms with Gasteiger partial charge in [0.15, 0.2) is 0 Å². The number of rotatable bonds is 9. The van der Waals surface area contributed by atoms with E-state index in [1.807, 2.05) is 0 Å². The second-order valence-corrected chi connectivity index (χ2v) is 6.03. The van der Waals surface area contributed by atoms with Gasteiger partial charge in [0.05, 0.1) is 6.54 Å². The standard InChI is InChI=1S/C19H22ClN3O3/c1-26-11-3-10-21-19(25)14-4-2-5-17(12-14)22-13-18(24)23-16-8-6-15(20)7-9-16/h2,4-9,12,22H,3,10-11,13H2,1H3,(H,21,25)(H,23,24). The molecule has 2 rings (SSSR count). The van der Waals surface area contributed by atoms with E-state index in [9.17, 15) is 9.59 Å². The Hall–Kier alpha value is -2.57. The monoisotopic (exact) mass is 375 g/mol. The minimum absolute atomic E-state index is 0.0849. The van der Waals surface area contributed by atoms with E-state index < -0.39 is 0 Å². The predicted octanol–water partition coefficient (Wildman–Crippen LogP) is 3.16. The largest absolute Gasteiger partial charge is 0.385 e. The van der Waals surface area contributed by atoms with Crippen LogP contribution in [-0.2, 0) is 9.53 Å². The zero-order valence-corrected chi connectivity index (χ0v) is 15.3. The molecule has 0 aliphatic rings. The highest BCUT2D eigenvalue weighted by molar-refractivity contribution is 6.30. The van der Waals surface area contributed by atoms with Crippen LogP contribution in [0.2, 0.25) is 5.02 Å². The fraction of sp³-hybridized carbons (Fsp3) is 0.263. The summed E-state index contributed by atoms with van der Waals surface area (Å²) in [5.74, 6) is -0.350. The van der Waals surface area contributed by atoms with E-state index >= 15 is 0 Å². The second kappa shape index (κ2) is 10.4. The minimum Gasteiger partial charge on any atom is -0.385 e. The Kier molecular flexibility index (Phi) is 7.92. The van der Waals surface area contributed by atoms with Crippen LogP contribution in [0.4, 0.5) is 11.4 Å². The van der Waals surface area contributed by atoms with E-state index in [1.54, 1.807) is 55.6 Å². The van der Waals surface area contributed by atoms with Gasteiger partial charge in [0.2, 0.25) is 5.91 Å². The first kappa shape index (κ1) is 19.8. The van der Waals surface area contributed by atoms with Gasteiger partial charge in [0.25, 0.3) is 5.91 Å². The van der Waals surface area contributed by atoms with Crippen molar-refractivity contribution in [1.29, 1.82) is 0 Å². The lowest BCUT2D eigenvalue weighted by Gasteiger charge is -2.10. The molecule has 0 unspecified atom stereocenters. The number of carbonyl (C=O) groups excluding carboxylic acids is 2. The molecule has 2 aromatic carbocycles. The molecule has 6 nitrogen and oxygen atoms in total. The molecule has 0 fully saturated rings. The minimum atomic E-state index is -0.193. The number of nitrogens with one attached hydrogen (secondary N) is 3. The summed E-state index contributed by atoms with van der Waals surface area (Å²) in [4.78, 5) is 24.1. The van der Waals surface area contributed by atoms with Crippen molar-refractivity contribution in [2.45, 2.75) is 6.42 Å². The maximum absolute atomic E-state index is 12.1. The van der Waals surface area contributed by atoms with E-state index in [0.29, 0.717) is 35.1 Å². The van der Waals surface area contributed by atoms with Crippen molar-refractivity contribution in [3.8, 4) is 0 Å². The van der Waals surface area contributed by atoms with Crippen LogP contribution in [0.3, 0.4) is 0 Å². The Morgan fingerprint density at radius 1 is 1.08 bits per heavy atom. The molecule has 7 heteroatoms. The van der Waals surface area contributed by atoms with Crippen LogP contribution in [0.5, 0.6) is 0 Å². The zero-order chi connectivity index (χ0) is 18.8. The van der Waals surface area contributed by atoms with E-state index in [4.69, 9.17) is 16.3 Å². The van der Waals surface area contributed by atoms with Gasteiger partial charge in [0.1, 0.15) is 0 Å². The molecule has 26 heavy (non-hydrogen) atoms. The molecule has 138 valence electrons. The van der Waals surface area contributed by atoms with Crippen molar-refractivity contribution in [2.24, 2.45) is 0 Å². The van der Waals surface area contributed by atoms with Crippen molar-refractivity contribution >= 4 is 34.8 Å². The van der Waals surface area contributed by atoms with Crippen molar-refractivity contribution in [2.75, 3.05) is 37.4 Å². The van der Waals surface area contributed by atoms with Crippen molar-refractivity contribution < 1.29 is 14.3 Å². The van der Waals surface area contributed by atoms with Crippen LogP contribution >= 0.6 is 11.6 Å². The Balaban J connectivity index is 1.82. The number of methoxy groups -OCH3 is 1. The highest BCUT2D eigenvalue weighted by Gasteiger charge is 2.07. The van der Waals surface area contributed by atoms with Crippen LogP contribution < -0.4 is 16.0 Å². The van der Waals surface area contributed by atoms with Crippen LogP contribution in [0.1, 0.15) is 16.8 Å². The molecule has 0 saturated carbocycles. The van der Waals surface area contributed by atoms with Gasteiger partial charge < -0.3 is 20.7 Å². The first-order chi connectivity index (χ1) is 12.6. The SMILES string of the molecule is COCCCNC(=O)c1cccc(NCC(=O)Nc2ccc(Cl)cc2)c1. The Morgan fingerprint density at radius 3 is 2.58 bits per heavy atom. The summed E-state index contributed by atoms with van der Waals surface area (Å²) in [6.07, 6.45) is 0.755. The van der Waals surface area contributed by atoms with Crippen LogP contribution in [0.25, 0.3) is 0 Å². The fourth-order valence-corrected chi connectivity index (χ4v) is 2.34. The molecule has 0 heterocycles. The molecule has 0 bridgehead atoms. The normalized spacial score (nSPS) is 10.2. The third-order valence-corrected chi connectivity index (χ3v) is 3.77. The number of hydrogen-bond acceptors (Lipinski definition) is 4. The summed E-state index contributed by atoms with van der Waals surface area (Å²) in [5.41, 5.74) is 1.90. The lowest BCUT2D eigenvalue weighted by Crippen LogP contribution is -2.25. The predicted molar refractivity (Wildman–Crippen MR) is 104 cm³/mol. The summed E-state index contributed by atoms with van der Waals surface area (Å²) in [6.45, 7) is 1.24. The van der Waals surface area contributed by atoms with Crippen LogP contribution in [0, 0.1) is 0 Å². The average molecular weight is 376 g/mol. The van der Waals surface area contributed by atoms with Gasteiger partial charge in [0, 0.05) is 42.2 Å². The van der Waals surface area contributed by atoms with Gasteiger partial charge in [-0.25, -0.2) is 0 Å². The van der Waals surface area contributed by atoms with E-state index in [-0.39, 0.29) is 18.4 Å². The molecule has 3 N–H and O–H groups in total. The molecule has 0 radical (unpaired) electrons. The lowest BCUT2D eigenvalue weighted by molar-refractivity contribution is -0.114. The van der Waals surface area contributed by atoms with Crippen molar-refractivity contribution in [1.82, 2.24) is 5.32 Å². The molecule has 0 spiro atoms.